The predicted octanol–water partition coefficient (Wildman–Crippen LogP) is 4.23. The standard InChI is InChI=1S/C13H11F5O/c1-2-8-5-3-4-6-9(8)7-19-11-10(14)12(15,16)13(11,17)18/h3-6H,2,7H2,1H3. The van der Waals surface area contributed by atoms with Gasteiger partial charge in [0, 0.05) is 0 Å². The van der Waals surface area contributed by atoms with Crippen LogP contribution in [0.2, 0.25) is 0 Å². The highest BCUT2D eigenvalue weighted by Crippen LogP contribution is 2.56. The SMILES string of the molecule is CCc1ccccc1COC1=C(F)C(F)(F)C1(F)F. The van der Waals surface area contributed by atoms with Gasteiger partial charge in [-0.2, -0.15) is 17.6 Å². The van der Waals surface area contributed by atoms with Crippen LogP contribution in [0.1, 0.15) is 18.1 Å². The van der Waals surface area contributed by atoms with Crippen LogP contribution in [0, 0.1) is 0 Å². The van der Waals surface area contributed by atoms with E-state index in [0.29, 0.717) is 12.0 Å². The Labute approximate surface area is 106 Å². The third kappa shape index (κ3) is 1.99. The van der Waals surface area contributed by atoms with Gasteiger partial charge in [-0.25, -0.2) is 4.39 Å². The summed E-state index contributed by atoms with van der Waals surface area (Å²) in [6, 6.07) is 6.80. The molecule has 104 valence electrons. The molecule has 0 heterocycles. The monoisotopic (exact) mass is 278 g/mol. The van der Waals surface area contributed by atoms with Gasteiger partial charge in [-0.15, -0.1) is 0 Å². The molecule has 0 aromatic heterocycles. The fraction of sp³-hybridized carbons (Fsp3) is 0.385. The maximum absolute atomic E-state index is 12.9. The van der Waals surface area contributed by atoms with Gasteiger partial charge in [-0.05, 0) is 17.5 Å². The fourth-order valence-corrected chi connectivity index (χ4v) is 1.85. The number of alkyl halides is 4. The molecule has 0 N–H and O–H groups in total. The van der Waals surface area contributed by atoms with Crippen LogP contribution in [0.5, 0.6) is 0 Å². The smallest absolute Gasteiger partial charge is 0.375 e. The summed E-state index contributed by atoms with van der Waals surface area (Å²) in [6.45, 7) is 1.49. The highest BCUT2D eigenvalue weighted by Gasteiger charge is 2.74. The van der Waals surface area contributed by atoms with Crippen molar-refractivity contribution in [3.8, 4) is 0 Å². The van der Waals surface area contributed by atoms with E-state index in [2.05, 4.69) is 4.74 Å². The molecule has 1 aromatic rings. The molecule has 0 amide bonds. The summed E-state index contributed by atoms with van der Waals surface area (Å²) in [5, 5.41) is 0. The van der Waals surface area contributed by atoms with Crippen LogP contribution in [0.3, 0.4) is 0 Å². The highest BCUT2D eigenvalue weighted by molar-refractivity contribution is 5.36. The lowest BCUT2D eigenvalue weighted by Gasteiger charge is -2.35. The van der Waals surface area contributed by atoms with Gasteiger partial charge in [-0.3, -0.25) is 0 Å². The zero-order chi connectivity index (χ0) is 14.3. The van der Waals surface area contributed by atoms with E-state index in [1.165, 1.54) is 0 Å². The minimum absolute atomic E-state index is 0.363. The molecule has 1 nitrogen and oxygen atoms in total. The van der Waals surface area contributed by atoms with Gasteiger partial charge < -0.3 is 4.74 Å². The summed E-state index contributed by atoms with van der Waals surface area (Å²) in [5.74, 6) is -13.1. The van der Waals surface area contributed by atoms with E-state index in [0.717, 1.165) is 5.56 Å². The third-order valence-electron chi connectivity index (χ3n) is 3.03. The Kier molecular flexibility index (Phi) is 3.28. The molecule has 19 heavy (non-hydrogen) atoms. The van der Waals surface area contributed by atoms with E-state index in [4.69, 9.17) is 0 Å². The lowest BCUT2D eigenvalue weighted by molar-refractivity contribution is -0.233. The van der Waals surface area contributed by atoms with Gasteiger partial charge in [-0.1, -0.05) is 31.2 Å². The largest absolute Gasteiger partial charge is 0.484 e. The van der Waals surface area contributed by atoms with Crippen molar-refractivity contribution >= 4 is 0 Å². The number of hydrogen-bond donors (Lipinski definition) is 0. The second-order valence-corrected chi connectivity index (χ2v) is 4.20. The Balaban J connectivity index is 2.15. The van der Waals surface area contributed by atoms with Crippen LogP contribution in [-0.4, -0.2) is 11.8 Å². The molecule has 0 saturated heterocycles. The van der Waals surface area contributed by atoms with Crippen molar-refractivity contribution in [1.29, 1.82) is 0 Å². The molecule has 0 bridgehead atoms. The molecule has 2 rings (SSSR count). The molecule has 0 spiro atoms. The van der Waals surface area contributed by atoms with Crippen molar-refractivity contribution in [3.63, 3.8) is 0 Å². The van der Waals surface area contributed by atoms with Gasteiger partial charge in [0.2, 0.25) is 11.6 Å². The number of hydrogen-bond acceptors (Lipinski definition) is 1. The Bertz CT molecular complexity index is 522. The first-order valence-corrected chi connectivity index (χ1v) is 5.68. The summed E-state index contributed by atoms with van der Waals surface area (Å²) in [7, 11) is 0. The molecule has 0 atom stereocenters. The van der Waals surface area contributed by atoms with Crippen LogP contribution in [0.25, 0.3) is 0 Å². The Morgan fingerprint density at radius 3 is 2.11 bits per heavy atom. The van der Waals surface area contributed by atoms with E-state index in [-0.39, 0.29) is 6.61 Å². The average Bonchev–Trinajstić information content (AvgIpc) is 2.38. The van der Waals surface area contributed by atoms with Crippen molar-refractivity contribution in [2.75, 3.05) is 0 Å². The molecule has 1 aliphatic rings. The molecular weight excluding hydrogens is 267 g/mol. The van der Waals surface area contributed by atoms with Gasteiger partial charge in [0.25, 0.3) is 0 Å². The summed E-state index contributed by atoms with van der Waals surface area (Å²) < 4.78 is 68.4. The zero-order valence-electron chi connectivity index (χ0n) is 10.0. The number of aryl methyl sites for hydroxylation is 1. The normalized spacial score (nSPS) is 20.1. The lowest BCUT2D eigenvalue weighted by atomic mass is 9.95. The minimum atomic E-state index is -4.76. The molecule has 0 aliphatic heterocycles. The van der Waals surface area contributed by atoms with E-state index in [1.807, 2.05) is 6.92 Å². The lowest BCUT2D eigenvalue weighted by Crippen LogP contribution is -2.53. The molecule has 0 saturated carbocycles. The van der Waals surface area contributed by atoms with E-state index in [9.17, 15) is 22.0 Å². The number of benzene rings is 1. The average molecular weight is 278 g/mol. The number of rotatable bonds is 4. The first-order chi connectivity index (χ1) is 8.82. The van der Waals surface area contributed by atoms with E-state index >= 15 is 0 Å². The highest BCUT2D eigenvalue weighted by atomic mass is 19.3. The van der Waals surface area contributed by atoms with Crippen LogP contribution in [-0.2, 0) is 17.8 Å². The predicted molar refractivity (Wildman–Crippen MR) is 58.6 cm³/mol. The molecule has 0 fully saturated rings. The molecule has 0 unspecified atom stereocenters. The van der Waals surface area contributed by atoms with Crippen molar-refractivity contribution in [2.45, 2.75) is 31.8 Å². The topological polar surface area (TPSA) is 9.23 Å². The van der Waals surface area contributed by atoms with Gasteiger partial charge in [0.15, 0.2) is 0 Å². The second kappa shape index (κ2) is 4.51. The Morgan fingerprint density at radius 1 is 1.00 bits per heavy atom. The molecular formula is C13H11F5O. The van der Waals surface area contributed by atoms with E-state index in [1.54, 1.807) is 24.3 Å². The molecule has 6 heteroatoms. The molecule has 0 radical (unpaired) electrons. The number of allylic oxidation sites excluding steroid dienone is 2. The van der Waals surface area contributed by atoms with Gasteiger partial charge >= 0.3 is 11.8 Å². The first kappa shape index (κ1) is 13.8. The first-order valence-electron chi connectivity index (χ1n) is 5.68. The van der Waals surface area contributed by atoms with Crippen molar-refractivity contribution in [2.24, 2.45) is 0 Å². The maximum Gasteiger partial charge on any atom is 0.375 e. The quantitative estimate of drug-likeness (QED) is 0.749. The molecule has 1 aromatic carbocycles. The Morgan fingerprint density at radius 2 is 1.58 bits per heavy atom. The second-order valence-electron chi connectivity index (χ2n) is 4.20. The van der Waals surface area contributed by atoms with Gasteiger partial charge in [0.05, 0.1) is 0 Å². The maximum atomic E-state index is 12.9. The van der Waals surface area contributed by atoms with Crippen LogP contribution < -0.4 is 0 Å². The van der Waals surface area contributed by atoms with Gasteiger partial charge in [0.1, 0.15) is 6.61 Å². The zero-order valence-corrected chi connectivity index (χ0v) is 10.0. The van der Waals surface area contributed by atoms with Crippen LogP contribution in [0.4, 0.5) is 22.0 Å². The summed E-state index contributed by atoms with van der Waals surface area (Å²) in [6.07, 6.45) is 0.633. The van der Waals surface area contributed by atoms with Crippen molar-refractivity contribution in [3.05, 3.63) is 47.0 Å². The van der Waals surface area contributed by atoms with E-state index < -0.39 is 23.4 Å². The number of ether oxygens (including phenoxy) is 1. The van der Waals surface area contributed by atoms with Crippen LogP contribution >= 0.6 is 0 Å². The van der Waals surface area contributed by atoms with Crippen molar-refractivity contribution < 1.29 is 26.7 Å². The van der Waals surface area contributed by atoms with Crippen molar-refractivity contribution in [1.82, 2.24) is 0 Å². The summed E-state index contributed by atoms with van der Waals surface area (Å²) in [4.78, 5) is 0. The van der Waals surface area contributed by atoms with Crippen LogP contribution in [0.15, 0.2) is 35.9 Å². The fourth-order valence-electron chi connectivity index (χ4n) is 1.85. The minimum Gasteiger partial charge on any atom is -0.484 e. The summed E-state index contributed by atoms with van der Waals surface area (Å²) >= 11 is 0. The molecule has 1 aliphatic carbocycles. The third-order valence-corrected chi connectivity index (χ3v) is 3.03. The summed E-state index contributed by atoms with van der Waals surface area (Å²) in [5.41, 5.74) is 1.40. The Hall–Kier alpha value is -1.59. The number of halogens is 5.